The first-order valence-electron chi connectivity index (χ1n) is 14.1. The van der Waals surface area contributed by atoms with Crippen molar-refractivity contribution < 1.29 is 19.7 Å². The SMILES string of the molecule is CCCCCCN1CCCCC1COc1ccc(C(=O)c2c(-c3ccc(O)cc3)sc3cc(O)ccc23)cc1. The molecular weight excluding hydrogens is 506 g/mol. The van der Waals surface area contributed by atoms with Crippen molar-refractivity contribution in [2.24, 2.45) is 0 Å². The average molecular weight is 544 g/mol. The van der Waals surface area contributed by atoms with E-state index >= 15 is 0 Å². The minimum atomic E-state index is -0.0768. The van der Waals surface area contributed by atoms with Crippen molar-refractivity contribution in [3.63, 3.8) is 0 Å². The van der Waals surface area contributed by atoms with Gasteiger partial charge in [-0.05, 0) is 105 Å². The standard InChI is InChI=1S/C33H37NO4S/c1-2-3-4-6-19-34-20-7-5-8-25(34)22-38-28-16-11-23(12-17-28)32(37)31-29-18-15-27(36)21-30(29)39-33(31)24-9-13-26(35)14-10-24/h9-18,21,25,35-36H,2-8,19-20,22H2,1H3. The lowest BCUT2D eigenvalue weighted by molar-refractivity contribution is 0.0978. The summed E-state index contributed by atoms with van der Waals surface area (Å²) in [5.74, 6) is 1.04. The van der Waals surface area contributed by atoms with E-state index in [1.165, 1.54) is 56.3 Å². The first-order chi connectivity index (χ1) is 19.0. The zero-order valence-corrected chi connectivity index (χ0v) is 23.4. The van der Waals surface area contributed by atoms with Gasteiger partial charge in [-0.15, -0.1) is 11.3 Å². The van der Waals surface area contributed by atoms with Crippen LogP contribution in [-0.4, -0.2) is 46.6 Å². The summed E-state index contributed by atoms with van der Waals surface area (Å²) in [7, 11) is 0. The number of aromatic hydroxyl groups is 2. The maximum absolute atomic E-state index is 13.8. The Morgan fingerprint density at radius 2 is 1.72 bits per heavy atom. The number of ketones is 1. The Morgan fingerprint density at radius 1 is 0.949 bits per heavy atom. The van der Waals surface area contributed by atoms with Gasteiger partial charge in [0.05, 0.1) is 0 Å². The Hall–Kier alpha value is -3.35. The van der Waals surface area contributed by atoms with E-state index in [1.807, 2.05) is 36.4 Å². The van der Waals surface area contributed by atoms with Crippen molar-refractivity contribution in [1.82, 2.24) is 4.90 Å². The van der Waals surface area contributed by atoms with Crippen LogP contribution >= 0.6 is 11.3 Å². The number of carbonyl (C=O) groups excluding carboxylic acids is 1. The molecule has 0 amide bonds. The Bertz CT molecular complexity index is 1390. The molecule has 4 aromatic rings. The summed E-state index contributed by atoms with van der Waals surface area (Å²) in [5, 5.41) is 20.6. The molecule has 1 fully saturated rings. The molecule has 2 heterocycles. The molecule has 0 radical (unpaired) electrons. The van der Waals surface area contributed by atoms with Gasteiger partial charge in [0.15, 0.2) is 5.78 Å². The van der Waals surface area contributed by atoms with Gasteiger partial charge >= 0.3 is 0 Å². The molecule has 1 unspecified atom stereocenters. The number of phenols is 2. The van der Waals surface area contributed by atoms with E-state index in [1.54, 1.807) is 30.3 Å². The highest BCUT2D eigenvalue weighted by atomic mass is 32.1. The molecule has 1 aliphatic rings. The van der Waals surface area contributed by atoms with E-state index in [0.717, 1.165) is 39.4 Å². The molecule has 0 aliphatic carbocycles. The number of hydrogen-bond donors (Lipinski definition) is 2. The maximum Gasteiger partial charge on any atom is 0.195 e. The quantitative estimate of drug-likeness (QED) is 0.148. The predicted molar refractivity (Wildman–Crippen MR) is 159 cm³/mol. The molecule has 39 heavy (non-hydrogen) atoms. The van der Waals surface area contributed by atoms with Gasteiger partial charge in [0, 0.05) is 32.1 Å². The summed E-state index contributed by atoms with van der Waals surface area (Å²) >= 11 is 1.46. The number of rotatable bonds is 11. The Morgan fingerprint density at radius 3 is 2.49 bits per heavy atom. The fourth-order valence-corrected chi connectivity index (χ4v) is 6.69. The molecule has 0 saturated carbocycles. The van der Waals surface area contributed by atoms with E-state index in [9.17, 15) is 15.0 Å². The van der Waals surface area contributed by atoms with Crippen molar-refractivity contribution in [3.05, 3.63) is 77.9 Å². The number of fused-ring (bicyclic) bond motifs is 1. The van der Waals surface area contributed by atoms with E-state index in [2.05, 4.69) is 11.8 Å². The second kappa shape index (κ2) is 12.7. The number of unbranched alkanes of at least 4 members (excludes halogenated alkanes) is 3. The fourth-order valence-electron chi connectivity index (χ4n) is 5.45. The molecule has 1 saturated heterocycles. The molecule has 1 atom stereocenters. The van der Waals surface area contributed by atoms with Crippen LogP contribution in [0.2, 0.25) is 0 Å². The van der Waals surface area contributed by atoms with Crippen molar-refractivity contribution in [1.29, 1.82) is 0 Å². The Kier molecular flexibility index (Phi) is 8.84. The van der Waals surface area contributed by atoms with Crippen molar-refractivity contribution in [2.75, 3.05) is 19.7 Å². The van der Waals surface area contributed by atoms with Crippen LogP contribution in [0.4, 0.5) is 0 Å². The van der Waals surface area contributed by atoms with Gasteiger partial charge < -0.3 is 14.9 Å². The third kappa shape index (κ3) is 6.45. The number of hydrogen-bond acceptors (Lipinski definition) is 6. The second-order valence-electron chi connectivity index (χ2n) is 10.4. The van der Waals surface area contributed by atoms with Crippen molar-refractivity contribution in [3.8, 4) is 27.7 Å². The number of nitrogens with zero attached hydrogens (tertiary/aromatic N) is 1. The summed E-state index contributed by atoms with van der Waals surface area (Å²) in [5.41, 5.74) is 2.05. The van der Waals surface area contributed by atoms with Crippen molar-refractivity contribution >= 4 is 27.2 Å². The number of carbonyl (C=O) groups is 1. The monoisotopic (exact) mass is 543 g/mol. The first kappa shape index (κ1) is 27.2. The topological polar surface area (TPSA) is 70.0 Å². The third-order valence-corrected chi connectivity index (χ3v) is 8.84. The molecule has 3 aromatic carbocycles. The summed E-state index contributed by atoms with van der Waals surface area (Å²) in [6.07, 6.45) is 8.81. The largest absolute Gasteiger partial charge is 0.508 e. The number of likely N-dealkylation sites (tertiary alicyclic amines) is 1. The highest BCUT2D eigenvalue weighted by Crippen LogP contribution is 2.41. The van der Waals surface area contributed by atoms with Crippen LogP contribution in [0.3, 0.4) is 0 Å². The predicted octanol–water partition coefficient (Wildman–Crippen LogP) is 8.02. The van der Waals surface area contributed by atoms with Gasteiger partial charge in [-0.1, -0.05) is 32.6 Å². The Balaban J connectivity index is 1.32. The van der Waals surface area contributed by atoms with Crippen LogP contribution in [0, 0.1) is 0 Å². The lowest BCUT2D eigenvalue weighted by atomic mass is 9.97. The molecular formula is C33H37NO4S. The van der Waals surface area contributed by atoms with E-state index in [4.69, 9.17) is 4.74 Å². The third-order valence-electron chi connectivity index (χ3n) is 7.64. The van der Waals surface area contributed by atoms with Gasteiger partial charge in [0.2, 0.25) is 0 Å². The summed E-state index contributed by atoms with van der Waals surface area (Å²) in [4.78, 5) is 17.2. The van der Waals surface area contributed by atoms with Gasteiger partial charge in [0.25, 0.3) is 0 Å². The van der Waals surface area contributed by atoms with Crippen LogP contribution in [-0.2, 0) is 0 Å². The number of thiophene rings is 1. The number of phenolic OH excluding ortho intramolecular Hbond substituents is 2. The van der Waals surface area contributed by atoms with E-state index in [0.29, 0.717) is 23.8 Å². The number of piperidine rings is 1. The average Bonchev–Trinajstić information content (AvgIpc) is 3.33. The number of benzene rings is 3. The minimum absolute atomic E-state index is 0.0768. The van der Waals surface area contributed by atoms with Crippen molar-refractivity contribution in [2.45, 2.75) is 57.9 Å². The zero-order valence-electron chi connectivity index (χ0n) is 22.6. The lowest BCUT2D eigenvalue weighted by Gasteiger charge is -2.35. The van der Waals surface area contributed by atoms with Gasteiger partial charge in [0.1, 0.15) is 23.9 Å². The first-order valence-corrected chi connectivity index (χ1v) is 14.9. The molecule has 2 N–H and O–H groups in total. The summed E-state index contributed by atoms with van der Waals surface area (Å²) in [6.45, 7) is 5.23. The van der Waals surface area contributed by atoms with Gasteiger partial charge in [-0.25, -0.2) is 0 Å². The summed E-state index contributed by atoms with van der Waals surface area (Å²) in [6, 6.07) is 19.9. The molecule has 5 rings (SSSR count). The van der Waals surface area contributed by atoms with E-state index < -0.39 is 0 Å². The van der Waals surface area contributed by atoms with Crippen LogP contribution in [0.5, 0.6) is 17.2 Å². The Labute approximate surface area is 234 Å². The van der Waals surface area contributed by atoms with Crippen LogP contribution in [0.25, 0.3) is 20.5 Å². The van der Waals surface area contributed by atoms with Crippen LogP contribution < -0.4 is 4.74 Å². The molecule has 0 bridgehead atoms. The van der Waals surface area contributed by atoms with Gasteiger partial charge in [-0.3, -0.25) is 9.69 Å². The lowest BCUT2D eigenvalue weighted by Crippen LogP contribution is -2.43. The maximum atomic E-state index is 13.8. The second-order valence-corrected chi connectivity index (χ2v) is 11.5. The molecule has 0 spiro atoms. The summed E-state index contributed by atoms with van der Waals surface area (Å²) < 4.78 is 7.05. The van der Waals surface area contributed by atoms with Gasteiger partial charge in [-0.2, -0.15) is 0 Å². The molecule has 1 aromatic heterocycles. The smallest absolute Gasteiger partial charge is 0.195 e. The normalized spacial score (nSPS) is 16.0. The van der Waals surface area contributed by atoms with Crippen LogP contribution in [0.1, 0.15) is 67.8 Å². The van der Waals surface area contributed by atoms with E-state index in [-0.39, 0.29) is 17.3 Å². The molecule has 5 nitrogen and oxygen atoms in total. The highest BCUT2D eigenvalue weighted by molar-refractivity contribution is 7.22. The molecule has 6 heteroatoms. The number of ether oxygens (including phenoxy) is 1. The molecule has 204 valence electrons. The molecule has 1 aliphatic heterocycles. The highest BCUT2D eigenvalue weighted by Gasteiger charge is 2.24. The van der Waals surface area contributed by atoms with Crippen LogP contribution in [0.15, 0.2) is 66.7 Å². The minimum Gasteiger partial charge on any atom is -0.508 e. The fraction of sp³-hybridized carbons (Fsp3) is 0.364. The zero-order chi connectivity index (χ0) is 27.2.